The van der Waals surface area contributed by atoms with Crippen molar-refractivity contribution >= 4 is 23.6 Å². The van der Waals surface area contributed by atoms with E-state index in [9.17, 15) is 18.0 Å². The number of rotatable bonds is 3. The highest BCUT2D eigenvalue weighted by atomic mass is 35.5. The lowest BCUT2D eigenvalue weighted by molar-refractivity contribution is -0.137. The van der Waals surface area contributed by atoms with E-state index >= 15 is 0 Å². The van der Waals surface area contributed by atoms with E-state index in [0.29, 0.717) is 19.9 Å². The maximum atomic E-state index is 13.5. The van der Waals surface area contributed by atoms with Crippen LogP contribution in [0.2, 0.25) is 5.02 Å². The molecular formula is C14H14ClF3O4. The van der Waals surface area contributed by atoms with Gasteiger partial charge in [-0.2, -0.15) is 0 Å². The topological polar surface area (TPSA) is 55.8 Å². The Balaban J connectivity index is 0.00000116. The number of aliphatic carboxylic acids is 1. The first-order valence-corrected chi connectivity index (χ1v) is 6.36. The van der Waals surface area contributed by atoms with Gasteiger partial charge in [-0.15, -0.1) is 0 Å². The molecule has 0 spiro atoms. The summed E-state index contributed by atoms with van der Waals surface area (Å²) in [6, 6.07) is 2.87. The molecule has 2 rings (SSSR count). The molecule has 1 aromatic carbocycles. The Morgan fingerprint density at radius 1 is 1.41 bits per heavy atom. The van der Waals surface area contributed by atoms with Gasteiger partial charge in [0.1, 0.15) is 11.5 Å². The summed E-state index contributed by atoms with van der Waals surface area (Å²) in [5.74, 6) is -4.43. The summed E-state index contributed by atoms with van der Waals surface area (Å²) >= 11 is 5.94. The summed E-state index contributed by atoms with van der Waals surface area (Å²) in [4.78, 5) is 11.1. The van der Waals surface area contributed by atoms with Crippen LogP contribution >= 0.6 is 11.6 Å². The van der Waals surface area contributed by atoms with E-state index in [1.165, 1.54) is 19.2 Å². The largest absolute Gasteiger partial charge is 0.497 e. The fourth-order valence-electron chi connectivity index (χ4n) is 1.91. The lowest BCUT2D eigenvalue weighted by atomic mass is 9.98. The molecule has 0 bridgehead atoms. The molecule has 0 aliphatic carbocycles. The van der Waals surface area contributed by atoms with Gasteiger partial charge >= 0.3 is 5.97 Å². The third-order valence-corrected chi connectivity index (χ3v) is 3.10. The van der Waals surface area contributed by atoms with Crippen molar-refractivity contribution in [2.24, 2.45) is 0 Å². The molecule has 0 aromatic heterocycles. The number of carboxylic acid groups (broad SMARTS) is 1. The maximum Gasteiger partial charge on any atom is 0.335 e. The minimum absolute atomic E-state index is 0.0176. The number of carbonyl (C=O) groups is 1. The van der Waals surface area contributed by atoms with Crippen molar-refractivity contribution in [3.63, 3.8) is 0 Å². The first-order valence-electron chi connectivity index (χ1n) is 5.98. The SMILES string of the molecule is CF.COc1cc(Cl)c2c(c1)C=C(C(=O)O)C(C(C)(F)F)O2. The fourth-order valence-corrected chi connectivity index (χ4v) is 2.17. The van der Waals surface area contributed by atoms with Crippen LogP contribution in [0.15, 0.2) is 17.7 Å². The van der Waals surface area contributed by atoms with Gasteiger partial charge in [-0.05, 0) is 12.1 Å². The zero-order valence-corrected chi connectivity index (χ0v) is 12.7. The van der Waals surface area contributed by atoms with Gasteiger partial charge in [0.15, 0.2) is 6.10 Å². The summed E-state index contributed by atoms with van der Waals surface area (Å²) in [7, 11) is 1.91. The number of fused-ring (bicyclic) bond motifs is 1. The normalized spacial score (nSPS) is 16.5. The van der Waals surface area contributed by atoms with Crippen LogP contribution in [0.1, 0.15) is 12.5 Å². The molecule has 0 saturated heterocycles. The molecule has 0 amide bonds. The summed E-state index contributed by atoms with van der Waals surface area (Å²) in [5, 5.41) is 9.13. The van der Waals surface area contributed by atoms with Crippen LogP contribution in [0.4, 0.5) is 13.2 Å². The van der Waals surface area contributed by atoms with Crippen LogP contribution in [-0.2, 0) is 4.79 Å². The van der Waals surface area contributed by atoms with Gasteiger partial charge in [0, 0.05) is 18.6 Å². The molecule has 1 heterocycles. The van der Waals surface area contributed by atoms with Gasteiger partial charge in [0.25, 0.3) is 5.92 Å². The Morgan fingerprint density at radius 3 is 2.45 bits per heavy atom. The van der Waals surface area contributed by atoms with Crippen molar-refractivity contribution in [1.82, 2.24) is 0 Å². The van der Waals surface area contributed by atoms with E-state index in [1.807, 2.05) is 0 Å². The zero-order valence-electron chi connectivity index (χ0n) is 12.0. The molecular weight excluding hydrogens is 325 g/mol. The molecule has 1 aliphatic rings. The fraction of sp³-hybridized carbons (Fsp3) is 0.357. The van der Waals surface area contributed by atoms with E-state index in [-0.39, 0.29) is 16.3 Å². The van der Waals surface area contributed by atoms with E-state index in [4.69, 9.17) is 26.2 Å². The summed E-state index contributed by atoms with van der Waals surface area (Å²) in [6.45, 7) is 0.594. The van der Waals surface area contributed by atoms with Gasteiger partial charge < -0.3 is 14.6 Å². The Morgan fingerprint density at radius 2 is 2.00 bits per heavy atom. The number of ether oxygens (including phenoxy) is 2. The predicted molar refractivity (Wildman–Crippen MR) is 75.7 cm³/mol. The number of halogens is 4. The lowest BCUT2D eigenvalue weighted by Gasteiger charge is -2.30. The number of benzene rings is 1. The second-order valence-electron chi connectivity index (χ2n) is 4.39. The van der Waals surface area contributed by atoms with Crippen LogP contribution in [0.25, 0.3) is 6.08 Å². The standard InChI is InChI=1S/C13H11ClF2O4.CH3F/c1-13(15,16)11-8(12(17)18)4-6-3-7(19-2)5-9(14)10(6)20-11;1-2/h3-5,11H,1-2H3,(H,17,18);1H3. The predicted octanol–water partition coefficient (Wildman–Crippen LogP) is 3.82. The van der Waals surface area contributed by atoms with Crippen LogP contribution in [0.3, 0.4) is 0 Å². The van der Waals surface area contributed by atoms with E-state index in [2.05, 4.69) is 0 Å². The molecule has 0 saturated carbocycles. The van der Waals surface area contributed by atoms with Crippen molar-refractivity contribution in [3.8, 4) is 11.5 Å². The number of carboxylic acids is 1. The van der Waals surface area contributed by atoms with E-state index in [1.54, 1.807) is 0 Å². The number of hydrogen-bond acceptors (Lipinski definition) is 3. The molecule has 4 nitrogen and oxygen atoms in total. The van der Waals surface area contributed by atoms with Crippen molar-refractivity contribution in [3.05, 3.63) is 28.3 Å². The highest BCUT2D eigenvalue weighted by Gasteiger charge is 2.44. The van der Waals surface area contributed by atoms with Crippen molar-refractivity contribution in [2.75, 3.05) is 14.3 Å². The molecule has 1 atom stereocenters. The van der Waals surface area contributed by atoms with Gasteiger partial charge in [-0.3, -0.25) is 4.39 Å². The first-order chi connectivity index (χ1) is 10.2. The van der Waals surface area contributed by atoms with Gasteiger partial charge in [-0.1, -0.05) is 11.6 Å². The maximum absolute atomic E-state index is 13.5. The van der Waals surface area contributed by atoms with Gasteiger partial charge in [0.2, 0.25) is 0 Å². The van der Waals surface area contributed by atoms with Crippen LogP contribution in [0, 0.1) is 0 Å². The Hall–Kier alpha value is -1.89. The molecule has 1 unspecified atom stereocenters. The molecule has 1 N–H and O–H groups in total. The van der Waals surface area contributed by atoms with Crippen molar-refractivity contribution in [1.29, 1.82) is 0 Å². The molecule has 8 heteroatoms. The van der Waals surface area contributed by atoms with Gasteiger partial charge in [-0.25, -0.2) is 13.6 Å². The molecule has 1 aromatic rings. The summed E-state index contributed by atoms with van der Waals surface area (Å²) in [5.41, 5.74) is -0.249. The Bertz CT molecular complexity index is 596. The zero-order chi connectivity index (χ0) is 17.1. The number of methoxy groups -OCH3 is 1. The van der Waals surface area contributed by atoms with Gasteiger partial charge in [0.05, 0.1) is 24.9 Å². The summed E-state index contributed by atoms with van der Waals surface area (Å²) in [6.07, 6.45) is -0.768. The molecule has 22 heavy (non-hydrogen) atoms. The van der Waals surface area contributed by atoms with Crippen LogP contribution in [0.5, 0.6) is 11.5 Å². The average molecular weight is 339 g/mol. The van der Waals surface area contributed by atoms with E-state index in [0.717, 1.165) is 6.08 Å². The second kappa shape index (κ2) is 6.91. The lowest BCUT2D eigenvalue weighted by Crippen LogP contribution is -2.41. The quantitative estimate of drug-likeness (QED) is 0.910. The van der Waals surface area contributed by atoms with Crippen LogP contribution < -0.4 is 9.47 Å². The second-order valence-corrected chi connectivity index (χ2v) is 4.79. The Labute approximate surface area is 130 Å². The average Bonchev–Trinajstić information content (AvgIpc) is 2.46. The Kier molecular flexibility index (Phi) is 5.71. The van der Waals surface area contributed by atoms with Crippen molar-refractivity contribution < 1.29 is 32.5 Å². The molecule has 0 radical (unpaired) electrons. The monoisotopic (exact) mass is 338 g/mol. The number of alkyl halides is 3. The van der Waals surface area contributed by atoms with E-state index < -0.39 is 23.6 Å². The third-order valence-electron chi connectivity index (χ3n) is 2.82. The first kappa shape index (κ1) is 18.2. The molecule has 1 aliphatic heterocycles. The van der Waals surface area contributed by atoms with Crippen LogP contribution in [-0.4, -0.2) is 37.4 Å². The summed E-state index contributed by atoms with van der Waals surface area (Å²) < 4.78 is 46.6. The molecule has 122 valence electrons. The minimum Gasteiger partial charge on any atom is -0.497 e. The smallest absolute Gasteiger partial charge is 0.335 e. The number of hydrogen-bond donors (Lipinski definition) is 1. The highest BCUT2D eigenvalue weighted by molar-refractivity contribution is 6.32. The third kappa shape index (κ3) is 3.65. The van der Waals surface area contributed by atoms with Crippen molar-refractivity contribution in [2.45, 2.75) is 19.0 Å². The highest BCUT2D eigenvalue weighted by Crippen LogP contribution is 2.42. The molecule has 0 fully saturated rings. The minimum atomic E-state index is -3.36.